The number of carbonyl (C=O) groups excluding carboxylic acids is 2. The van der Waals surface area contributed by atoms with E-state index in [-0.39, 0.29) is 17.7 Å². The van der Waals surface area contributed by atoms with Gasteiger partial charge in [-0.2, -0.15) is 0 Å². The van der Waals surface area contributed by atoms with Crippen LogP contribution in [-0.4, -0.2) is 16.0 Å². The Labute approximate surface area is 232 Å². The van der Waals surface area contributed by atoms with Crippen LogP contribution in [-0.2, 0) is 17.9 Å². The summed E-state index contributed by atoms with van der Waals surface area (Å²) >= 11 is 8.91. The minimum atomic E-state index is -0.258. The van der Waals surface area contributed by atoms with E-state index < -0.39 is 0 Å². The van der Waals surface area contributed by atoms with E-state index in [2.05, 4.69) is 61.1 Å². The first-order valence-electron chi connectivity index (χ1n) is 9.97. The number of amides is 2. The molecule has 0 aromatic heterocycles. The van der Waals surface area contributed by atoms with Crippen LogP contribution in [0.3, 0.4) is 0 Å². The fraction of sp³-hybridized carbons (Fsp3) is 0.120. The van der Waals surface area contributed by atoms with Gasteiger partial charge in [-0.3, -0.25) is 14.5 Å². The van der Waals surface area contributed by atoms with Crippen molar-refractivity contribution in [2.45, 2.75) is 20.1 Å². The van der Waals surface area contributed by atoms with Crippen LogP contribution >= 0.6 is 72.9 Å². The Hall–Kier alpha value is -1.37. The summed E-state index contributed by atoms with van der Waals surface area (Å²) in [5.74, 6) is 0.551. The summed E-state index contributed by atoms with van der Waals surface area (Å²) in [5, 5.41) is -0.245. The van der Waals surface area contributed by atoms with Crippen molar-refractivity contribution in [2.75, 3.05) is 0 Å². The molecule has 0 N–H and O–H groups in total. The Balaban J connectivity index is 1.49. The average Bonchev–Trinajstić information content (AvgIpc) is 3.03. The van der Waals surface area contributed by atoms with Crippen LogP contribution in [0.15, 0.2) is 70.0 Å². The Morgan fingerprint density at radius 3 is 2.21 bits per heavy atom. The zero-order valence-corrected chi connectivity index (χ0v) is 24.2. The number of rotatable bonds is 6. The second kappa shape index (κ2) is 10.9. The normalized spacial score (nSPS) is 14.9. The molecule has 3 aromatic rings. The topological polar surface area (TPSA) is 46.6 Å². The summed E-state index contributed by atoms with van der Waals surface area (Å²) < 4.78 is 8.99. The van der Waals surface area contributed by atoms with E-state index in [1.807, 2.05) is 67.6 Å². The third kappa shape index (κ3) is 6.20. The Kier molecular flexibility index (Phi) is 8.19. The van der Waals surface area contributed by atoms with Gasteiger partial charge < -0.3 is 4.74 Å². The van der Waals surface area contributed by atoms with Crippen molar-refractivity contribution in [3.8, 4) is 5.75 Å². The maximum atomic E-state index is 12.9. The van der Waals surface area contributed by atoms with Crippen LogP contribution in [0.5, 0.6) is 5.75 Å². The van der Waals surface area contributed by atoms with Crippen molar-refractivity contribution in [3.05, 3.63) is 99.4 Å². The third-order valence-corrected chi connectivity index (χ3v) is 7.99. The van der Waals surface area contributed by atoms with E-state index >= 15 is 0 Å². The summed E-state index contributed by atoms with van der Waals surface area (Å²) in [6, 6.07) is 19.8. The summed E-state index contributed by atoms with van der Waals surface area (Å²) in [4.78, 5) is 27.1. The highest BCUT2D eigenvalue weighted by Gasteiger charge is 2.35. The molecule has 1 saturated heterocycles. The number of aryl methyl sites for hydroxylation is 1. The molecule has 3 aromatic carbocycles. The molecule has 0 unspecified atom stereocenters. The molecule has 168 valence electrons. The molecule has 0 spiro atoms. The SMILES string of the molecule is Cc1ccc(CN2C(=O)S/C(=C\c3cc(I)c(OCc4ccc(Br)cc4)c(I)c3)C2=O)cc1. The van der Waals surface area contributed by atoms with Crippen molar-refractivity contribution < 1.29 is 14.3 Å². The maximum Gasteiger partial charge on any atom is 0.293 e. The molecular formula is C25H18BrI2NO3S. The van der Waals surface area contributed by atoms with Gasteiger partial charge in [-0.1, -0.05) is 57.9 Å². The van der Waals surface area contributed by atoms with Crippen LogP contribution < -0.4 is 4.74 Å². The molecule has 2 amide bonds. The quantitative estimate of drug-likeness (QED) is 0.191. The third-order valence-electron chi connectivity index (χ3n) is 4.95. The van der Waals surface area contributed by atoms with E-state index in [9.17, 15) is 9.59 Å². The van der Waals surface area contributed by atoms with Crippen molar-refractivity contribution in [1.82, 2.24) is 4.90 Å². The number of thioether (sulfide) groups is 1. The van der Waals surface area contributed by atoms with Crippen molar-refractivity contribution >= 4 is 90.1 Å². The van der Waals surface area contributed by atoms with Crippen LogP contribution in [0.25, 0.3) is 6.08 Å². The van der Waals surface area contributed by atoms with Gasteiger partial charge in [0.2, 0.25) is 0 Å². The Morgan fingerprint density at radius 2 is 1.58 bits per heavy atom. The zero-order chi connectivity index (χ0) is 23.5. The summed E-state index contributed by atoms with van der Waals surface area (Å²) in [6.07, 6.45) is 1.78. The van der Waals surface area contributed by atoms with Crippen LogP contribution in [0, 0.1) is 14.1 Å². The van der Waals surface area contributed by atoms with Gasteiger partial charge in [0.25, 0.3) is 11.1 Å². The molecule has 0 radical (unpaired) electrons. The molecule has 0 aliphatic carbocycles. The van der Waals surface area contributed by atoms with Gasteiger partial charge >= 0.3 is 0 Å². The second-order valence-corrected chi connectivity index (χ2v) is 11.7. The first kappa shape index (κ1) is 24.7. The number of imide groups is 1. The van der Waals surface area contributed by atoms with Gasteiger partial charge in [-0.15, -0.1) is 0 Å². The van der Waals surface area contributed by atoms with Crippen molar-refractivity contribution in [3.63, 3.8) is 0 Å². The molecule has 4 nitrogen and oxygen atoms in total. The van der Waals surface area contributed by atoms with Gasteiger partial charge in [0.1, 0.15) is 12.4 Å². The largest absolute Gasteiger partial charge is 0.487 e. The van der Waals surface area contributed by atoms with Gasteiger partial charge in [0, 0.05) is 4.47 Å². The number of ether oxygens (including phenoxy) is 1. The predicted molar refractivity (Wildman–Crippen MR) is 153 cm³/mol. The van der Waals surface area contributed by atoms with Crippen LogP contribution in [0.2, 0.25) is 0 Å². The molecule has 0 bridgehead atoms. The maximum absolute atomic E-state index is 12.9. The van der Waals surface area contributed by atoms with E-state index in [0.717, 1.165) is 51.4 Å². The van der Waals surface area contributed by atoms with E-state index in [1.165, 1.54) is 4.90 Å². The first-order chi connectivity index (χ1) is 15.8. The summed E-state index contributed by atoms with van der Waals surface area (Å²) in [7, 11) is 0. The molecule has 1 aliphatic heterocycles. The number of benzene rings is 3. The highest BCUT2D eigenvalue weighted by atomic mass is 127. The summed E-state index contributed by atoms with van der Waals surface area (Å²) in [5.41, 5.74) is 4.01. The number of carbonyl (C=O) groups is 2. The highest BCUT2D eigenvalue weighted by Crippen LogP contribution is 2.35. The molecule has 1 heterocycles. The van der Waals surface area contributed by atoms with Gasteiger partial charge in [0.15, 0.2) is 0 Å². The van der Waals surface area contributed by atoms with Crippen LogP contribution in [0.1, 0.15) is 22.3 Å². The molecule has 4 rings (SSSR count). The standard InChI is InChI=1S/C25H18BrI2NO3S/c1-15-2-4-16(5-3-15)13-29-24(30)22(33-25(29)31)12-18-10-20(27)23(21(28)11-18)32-14-17-6-8-19(26)9-7-17/h2-12H,13-14H2,1H3/b22-12-. The lowest BCUT2D eigenvalue weighted by Crippen LogP contribution is -2.27. The molecule has 0 atom stereocenters. The summed E-state index contributed by atoms with van der Waals surface area (Å²) in [6.45, 7) is 2.75. The Morgan fingerprint density at radius 1 is 0.970 bits per heavy atom. The van der Waals surface area contributed by atoms with Crippen molar-refractivity contribution in [2.24, 2.45) is 0 Å². The molecule has 33 heavy (non-hydrogen) atoms. The lowest BCUT2D eigenvalue weighted by molar-refractivity contribution is -0.123. The van der Waals surface area contributed by atoms with Crippen molar-refractivity contribution in [1.29, 1.82) is 0 Å². The van der Waals surface area contributed by atoms with E-state index in [4.69, 9.17) is 4.74 Å². The number of hydrogen-bond donors (Lipinski definition) is 0. The molecule has 1 fully saturated rings. The second-order valence-electron chi connectivity index (χ2n) is 7.48. The van der Waals surface area contributed by atoms with Gasteiger partial charge in [0.05, 0.1) is 18.6 Å². The lowest BCUT2D eigenvalue weighted by Gasteiger charge is -2.13. The lowest BCUT2D eigenvalue weighted by atomic mass is 10.1. The fourth-order valence-corrected chi connectivity index (χ4v) is 6.43. The van der Waals surface area contributed by atoms with Gasteiger partial charge in [-0.05, 0) is 111 Å². The highest BCUT2D eigenvalue weighted by molar-refractivity contribution is 14.1. The average molecular weight is 746 g/mol. The smallest absolute Gasteiger partial charge is 0.293 e. The minimum Gasteiger partial charge on any atom is -0.487 e. The number of halogens is 3. The molecule has 1 aliphatic rings. The van der Waals surface area contributed by atoms with E-state index in [1.54, 1.807) is 6.08 Å². The number of hydrogen-bond acceptors (Lipinski definition) is 4. The molecular weight excluding hydrogens is 728 g/mol. The van der Waals surface area contributed by atoms with Gasteiger partial charge in [-0.25, -0.2) is 0 Å². The number of nitrogens with zero attached hydrogens (tertiary/aromatic N) is 1. The molecule has 8 heteroatoms. The fourth-order valence-electron chi connectivity index (χ4n) is 3.20. The first-order valence-corrected chi connectivity index (χ1v) is 13.7. The minimum absolute atomic E-state index is 0.245. The van der Waals surface area contributed by atoms with Crippen LogP contribution in [0.4, 0.5) is 4.79 Å². The molecule has 0 saturated carbocycles. The Bertz CT molecular complexity index is 1220. The zero-order valence-electron chi connectivity index (χ0n) is 17.5. The van der Waals surface area contributed by atoms with E-state index in [0.29, 0.717) is 11.5 Å². The predicted octanol–water partition coefficient (Wildman–Crippen LogP) is 7.78. The monoisotopic (exact) mass is 745 g/mol.